The summed E-state index contributed by atoms with van der Waals surface area (Å²) in [5, 5.41) is 3.61. The van der Waals surface area contributed by atoms with Crippen molar-refractivity contribution in [1.29, 1.82) is 0 Å². The molecule has 0 aromatic rings. The van der Waals surface area contributed by atoms with Gasteiger partial charge in [0, 0.05) is 38.3 Å². The van der Waals surface area contributed by atoms with Gasteiger partial charge in [-0.05, 0) is 33.4 Å². The maximum absolute atomic E-state index is 3.61. The lowest BCUT2D eigenvalue weighted by atomic mass is 10.1. The van der Waals surface area contributed by atoms with Gasteiger partial charge in [-0.15, -0.1) is 0 Å². The Hall–Kier alpha value is -0.120. The molecular weight excluding hydrogens is 210 g/mol. The van der Waals surface area contributed by atoms with E-state index in [1.807, 2.05) is 0 Å². The van der Waals surface area contributed by atoms with Crippen LogP contribution in [0.3, 0.4) is 0 Å². The Kier molecular flexibility index (Phi) is 6.45. The van der Waals surface area contributed by atoms with E-state index in [1.54, 1.807) is 0 Å². The molecule has 0 aromatic carbocycles. The fraction of sp³-hybridized carbons (Fsp3) is 1.00. The summed E-state index contributed by atoms with van der Waals surface area (Å²) in [5.41, 5.74) is 0. The van der Waals surface area contributed by atoms with Gasteiger partial charge in [0.05, 0.1) is 0 Å². The van der Waals surface area contributed by atoms with Crippen LogP contribution in [0.4, 0.5) is 0 Å². The summed E-state index contributed by atoms with van der Waals surface area (Å²) in [7, 11) is 4.40. The summed E-state index contributed by atoms with van der Waals surface area (Å²) < 4.78 is 0. The summed E-state index contributed by atoms with van der Waals surface area (Å²) in [6.45, 7) is 11.7. The first-order valence-corrected chi connectivity index (χ1v) is 7.16. The predicted octanol–water partition coefficient (Wildman–Crippen LogP) is 1.65. The van der Waals surface area contributed by atoms with Crippen molar-refractivity contribution in [1.82, 2.24) is 15.1 Å². The van der Waals surface area contributed by atoms with Crippen molar-refractivity contribution in [2.24, 2.45) is 5.92 Å². The molecule has 1 heterocycles. The number of rotatable bonds is 7. The molecule has 3 atom stereocenters. The molecule has 1 fully saturated rings. The first-order valence-electron chi connectivity index (χ1n) is 7.16. The molecule has 17 heavy (non-hydrogen) atoms. The highest BCUT2D eigenvalue weighted by atomic mass is 15.2. The zero-order valence-corrected chi connectivity index (χ0v) is 12.4. The van der Waals surface area contributed by atoms with Crippen LogP contribution >= 0.6 is 0 Å². The van der Waals surface area contributed by atoms with E-state index in [4.69, 9.17) is 0 Å². The Balaban J connectivity index is 2.17. The van der Waals surface area contributed by atoms with Gasteiger partial charge in [0.1, 0.15) is 0 Å². The van der Waals surface area contributed by atoms with Gasteiger partial charge in [-0.3, -0.25) is 0 Å². The van der Waals surface area contributed by atoms with Crippen molar-refractivity contribution < 1.29 is 0 Å². The van der Waals surface area contributed by atoms with E-state index in [9.17, 15) is 0 Å². The molecule has 0 aliphatic carbocycles. The average molecular weight is 241 g/mol. The van der Waals surface area contributed by atoms with Crippen molar-refractivity contribution in [3.8, 4) is 0 Å². The molecule has 1 aliphatic heterocycles. The van der Waals surface area contributed by atoms with Crippen LogP contribution in [0.5, 0.6) is 0 Å². The number of nitrogens with one attached hydrogen (secondary N) is 1. The standard InChI is InChI=1S/C14H31N3/c1-6-7-13(3)15-8-9-17-10-12(2)14(11-17)16(4)5/h12-15H,6-11H2,1-5H3. The zero-order valence-electron chi connectivity index (χ0n) is 12.4. The van der Waals surface area contributed by atoms with Crippen molar-refractivity contribution in [2.45, 2.75) is 45.7 Å². The third kappa shape index (κ3) is 4.94. The van der Waals surface area contributed by atoms with Crippen LogP contribution < -0.4 is 5.32 Å². The Labute approximate surface area is 108 Å². The first kappa shape index (κ1) is 14.9. The highest BCUT2D eigenvalue weighted by molar-refractivity contribution is 4.86. The number of hydrogen-bond acceptors (Lipinski definition) is 3. The van der Waals surface area contributed by atoms with Crippen LogP contribution in [0.25, 0.3) is 0 Å². The predicted molar refractivity (Wildman–Crippen MR) is 75.5 cm³/mol. The van der Waals surface area contributed by atoms with Crippen LogP contribution in [-0.4, -0.2) is 62.2 Å². The molecule has 0 spiro atoms. The SMILES string of the molecule is CCCC(C)NCCN1CC(C)C(N(C)C)C1. The van der Waals surface area contributed by atoms with E-state index in [0.717, 1.165) is 18.5 Å². The summed E-state index contributed by atoms with van der Waals surface area (Å²) in [5.74, 6) is 0.804. The molecule has 1 N–H and O–H groups in total. The van der Waals surface area contributed by atoms with Gasteiger partial charge in [0.15, 0.2) is 0 Å². The normalized spacial score (nSPS) is 27.9. The largest absolute Gasteiger partial charge is 0.313 e. The molecule has 0 amide bonds. The number of likely N-dealkylation sites (N-methyl/N-ethyl adjacent to an activating group) is 1. The van der Waals surface area contributed by atoms with Gasteiger partial charge in [-0.2, -0.15) is 0 Å². The Bertz CT molecular complexity index is 206. The lowest BCUT2D eigenvalue weighted by Crippen LogP contribution is -2.37. The highest BCUT2D eigenvalue weighted by Crippen LogP contribution is 2.19. The van der Waals surface area contributed by atoms with Gasteiger partial charge in [-0.25, -0.2) is 0 Å². The van der Waals surface area contributed by atoms with E-state index in [2.05, 4.69) is 50.0 Å². The first-order chi connectivity index (χ1) is 8.04. The molecule has 3 nitrogen and oxygen atoms in total. The highest BCUT2D eigenvalue weighted by Gasteiger charge is 2.30. The minimum atomic E-state index is 0.671. The van der Waals surface area contributed by atoms with E-state index >= 15 is 0 Å². The minimum Gasteiger partial charge on any atom is -0.313 e. The minimum absolute atomic E-state index is 0.671. The smallest absolute Gasteiger partial charge is 0.0254 e. The van der Waals surface area contributed by atoms with E-state index in [1.165, 1.54) is 32.5 Å². The summed E-state index contributed by atoms with van der Waals surface area (Å²) in [4.78, 5) is 4.97. The van der Waals surface area contributed by atoms with Crippen molar-refractivity contribution >= 4 is 0 Å². The second kappa shape index (κ2) is 7.34. The van der Waals surface area contributed by atoms with E-state index in [0.29, 0.717) is 6.04 Å². The van der Waals surface area contributed by atoms with Gasteiger partial charge < -0.3 is 15.1 Å². The van der Waals surface area contributed by atoms with Gasteiger partial charge in [0.2, 0.25) is 0 Å². The molecule has 3 heteroatoms. The second-order valence-electron chi connectivity index (χ2n) is 5.91. The Morgan fingerprint density at radius 3 is 2.59 bits per heavy atom. The lowest BCUT2D eigenvalue weighted by Gasteiger charge is -2.23. The maximum Gasteiger partial charge on any atom is 0.0254 e. The van der Waals surface area contributed by atoms with Gasteiger partial charge in [0.25, 0.3) is 0 Å². The third-order valence-electron chi connectivity index (χ3n) is 3.95. The molecule has 0 bridgehead atoms. The van der Waals surface area contributed by atoms with Crippen LogP contribution in [0.15, 0.2) is 0 Å². The van der Waals surface area contributed by atoms with Gasteiger partial charge in [-0.1, -0.05) is 20.3 Å². The van der Waals surface area contributed by atoms with Crippen molar-refractivity contribution in [3.05, 3.63) is 0 Å². The molecule has 0 saturated carbocycles. The molecule has 0 aromatic heterocycles. The lowest BCUT2D eigenvalue weighted by molar-refractivity contribution is 0.251. The average Bonchev–Trinajstić information content (AvgIpc) is 2.60. The fourth-order valence-electron chi connectivity index (χ4n) is 2.91. The molecule has 1 rings (SSSR count). The number of hydrogen-bond donors (Lipinski definition) is 1. The molecule has 102 valence electrons. The van der Waals surface area contributed by atoms with Crippen molar-refractivity contribution in [2.75, 3.05) is 40.3 Å². The topological polar surface area (TPSA) is 18.5 Å². The summed E-state index contributed by atoms with van der Waals surface area (Å²) in [6.07, 6.45) is 2.56. The van der Waals surface area contributed by atoms with E-state index < -0.39 is 0 Å². The fourth-order valence-corrected chi connectivity index (χ4v) is 2.91. The Morgan fingerprint density at radius 2 is 2.06 bits per heavy atom. The van der Waals surface area contributed by atoms with Crippen LogP contribution in [-0.2, 0) is 0 Å². The molecule has 3 unspecified atom stereocenters. The number of nitrogens with zero attached hydrogens (tertiary/aromatic N) is 2. The van der Waals surface area contributed by atoms with Crippen LogP contribution in [0, 0.1) is 5.92 Å². The second-order valence-corrected chi connectivity index (χ2v) is 5.91. The molecular formula is C14H31N3. The van der Waals surface area contributed by atoms with Crippen LogP contribution in [0.2, 0.25) is 0 Å². The molecule has 1 saturated heterocycles. The van der Waals surface area contributed by atoms with Crippen LogP contribution in [0.1, 0.15) is 33.6 Å². The monoisotopic (exact) mass is 241 g/mol. The number of likely N-dealkylation sites (tertiary alicyclic amines) is 1. The summed E-state index contributed by atoms with van der Waals surface area (Å²) in [6, 6.07) is 1.41. The summed E-state index contributed by atoms with van der Waals surface area (Å²) >= 11 is 0. The third-order valence-corrected chi connectivity index (χ3v) is 3.95. The maximum atomic E-state index is 3.61. The van der Waals surface area contributed by atoms with Crippen molar-refractivity contribution in [3.63, 3.8) is 0 Å². The molecule has 1 aliphatic rings. The Morgan fingerprint density at radius 1 is 1.35 bits per heavy atom. The van der Waals surface area contributed by atoms with E-state index in [-0.39, 0.29) is 0 Å². The zero-order chi connectivity index (χ0) is 12.8. The molecule has 0 radical (unpaired) electrons. The van der Waals surface area contributed by atoms with Gasteiger partial charge >= 0.3 is 0 Å². The quantitative estimate of drug-likeness (QED) is 0.731.